The standard InChI is InChI=1S/C20H16FN3O2S/c1-2-24-19(25)18(13-14-7-9-15(10-8-14)26-12-11-22)27-20(24)23-17-6-4-3-5-16(17)21/h3-10,13H,2,12H2,1H3/b18-13+,23-20?. The van der Waals surface area contributed by atoms with Gasteiger partial charge in [-0.15, -0.1) is 0 Å². The van der Waals surface area contributed by atoms with Crippen molar-refractivity contribution in [3.8, 4) is 11.8 Å². The van der Waals surface area contributed by atoms with Crippen molar-refractivity contribution in [1.82, 2.24) is 4.90 Å². The number of nitriles is 1. The van der Waals surface area contributed by atoms with Gasteiger partial charge in [0.1, 0.15) is 23.3 Å². The highest BCUT2D eigenvalue weighted by Crippen LogP contribution is 2.34. The Morgan fingerprint density at radius 2 is 2.00 bits per heavy atom. The summed E-state index contributed by atoms with van der Waals surface area (Å²) in [5.41, 5.74) is 1.02. The van der Waals surface area contributed by atoms with E-state index in [1.54, 1.807) is 48.5 Å². The molecule has 1 amide bonds. The average molecular weight is 381 g/mol. The Morgan fingerprint density at radius 3 is 2.67 bits per heavy atom. The van der Waals surface area contributed by atoms with Crippen molar-refractivity contribution < 1.29 is 13.9 Å². The summed E-state index contributed by atoms with van der Waals surface area (Å²) < 4.78 is 19.1. The molecule has 0 N–H and O–H groups in total. The summed E-state index contributed by atoms with van der Waals surface area (Å²) in [4.78, 5) is 19.0. The molecule has 1 fully saturated rings. The topological polar surface area (TPSA) is 65.7 Å². The molecule has 1 aliphatic heterocycles. The number of carbonyl (C=O) groups excluding carboxylic acids is 1. The number of hydrogen-bond donors (Lipinski definition) is 0. The number of likely N-dealkylation sites (N-methyl/N-ethyl adjacent to an activating group) is 1. The number of halogens is 1. The van der Waals surface area contributed by atoms with Crippen LogP contribution in [0.2, 0.25) is 0 Å². The molecule has 0 atom stereocenters. The Kier molecular flexibility index (Phi) is 5.89. The van der Waals surface area contributed by atoms with Gasteiger partial charge in [-0.05, 0) is 54.6 Å². The number of amides is 1. The summed E-state index contributed by atoms with van der Waals surface area (Å²) in [6, 6.07) is 15.2. The van der Waals surface area contributed by atoms with E-state index in [9.17, 15) is 9.18 Å². The zero-order chi connectivity index (χ0) is 19.2. The van der Waals surface area contributed by atoms with E-state index in [2.05, 4.69) is 4.99 Å². The van der Waals surface area contributed by atoms with Gasteiger partial charge in [0.05, 0.1) is 4.91 Å². The molecule has 1 aliphatic rings. The number of thioether (sulfide) groups is 1. The van der Waals surface area contributed by atoms with Crippen molar-refractivity contribution >= 4 is 34.6 Å². The first kappa shape index (κ1) is 18.7. The van der Waals surface area contributed by atoms with Gasteiger partial charge in [-0.1, -0.05) is 24.3 Å². The highest BCUT2D eigenvalue weighted by Gasteiger charge is 2.32. The molecular formula is C20H16FN3O2S. The average Bonchev–Trinajstić information content (AvgIpc) is 2.97. The Labute approximate surface area is 160 Å². The third kappa shape index (κ3) is 4.36. The summed E-state index contributed by atoms with van der Waals surface area (Å²) in [5.74, 6) is -0.0111. The van der Waals surface area contributed by atoms with E-state index in [0.717, 1.165) is 5.56 Å². The normalized spacial score (nSPS) is 16.8. The molecule has 1 saturated heterocycles. The van der Waals surface area contributed by atoms with Gasteiger partial charge in [0, 0.05) is 6.54 Å². The number of carbonyl (C=O) groups is 1. The minimum absolute atomic E-state index is 0.0178. The summed E-state index contributed by atoms with van der Waals surface area (Å²) in [5, 5.41) is 8.98. The maximum atomic E-state index is 13.9. The van der Waals surface area contributed by atoms with Crippen LogP contribution in [-0.2, 0) is 4.79 Å². The van der Waals surface area contributed by atoms with Crippen LogP contribution in [0.3, 0.4) is 0 Å². The molecule has 27 heavy (non-hydrogen) atoms. The number of benzene rings is 2. The summed E-state index contributed by atoms with van der Waals surface area (Å²) in [6.07, 6.45) is 1.76. The molecule has 2 aromatic carbocycles. The lowest BCUT2D eigenvalue weighted by molar-refractivity contribution is -0.122. The van der Waals surface area contributed by atoms with Gasteiger partial charge in [-0.25, -0.2) is 9.38 Å². The monoisotopic (exact) mass is 381 g/mol. The molecule has 136 valence electrons. The highest BCUT2D eigenvalue weighted by molar-refractivity contribution is 8.18. The van der Waals surface area contributed by atoms with Gasteiger partial charge in [0.2, 0.25) is 0 Å². The number of hydrogen-bond acceptors (Lipinski definition) is 5. The molecule has 2 aromatic rings. The zero-order valence-electron chi connectivity index (χ0n) is 14.6. The van der Waals surface area contributed by atoms with E-state index >= 15 is 0 Å². The van der Waals surface area contributed by atoms with Crippen molar-refractivity contribution in [2.75, 3.05) is 13.2 Å². The van der Waals surface area contributed by atoms with Crippen LogP contribution >= 0.6 is 11.8 Å². The molecule has 0 aromatic heterocycles. The Balaban J connectivity index is 1.85. The minimum atomic E-state index is -0.431. The van der Waals surface area contributed by atoms with Crippen LogP contribution in [0.4, 0.5) is 10.1 Å². The van der Waals surface area contributed by atoms with Gasteiger partial charge < -0.3 is 4.74 Å². The predicted octanol–water partition coefficient (Wildman–Crippen LogP) is 4.35. The number of para-hydroxylation sites is 1. The predicted molar refractivity (Wildman–Crippen MR) is 104 cm³/mol. The van der Waals surface area contributed by atoms with Crippen LogP contribution in [0.15, 0.2) is 58.4 Å². The second kappa shape index (κ2) is 8.52. The number of nitrogens with zero attached hydrogens (tertiary/aromatic N) is 3. The van der Waals surface area contributed by atoms with Gasteiger partial charge in [-0.3, -0.25) is 9.69 Å². The zero-order valence-corrected chi connectivity index (χ0v) is 15.4. The summed E-state index contributed by atoms with van der Waals surface area (Å²) in [7, 11) is 0. The van der Waals surface area contributed by atoms with Crippen molar-refractivity contribution in [3.63, 3.8) is 0 Å². The van der Waals surface area contributed by atoms with Crippen LogP contribution in [0.25, 0.3) is 6.08 Å². The lowest BCUT2D eigenvalue weighted by Crippen LogP contribution is -2.28. The first-order valence-electron chi connectivity index (χ1n) is 8.27. The van der Waals surface area contributed by atoms with Crippen molar-refractivity contribution in [2.45, 2.75) is 6.92 Å². The molecule has 1 heterocycles. The van der Waals surface area contributed by atoms with Crippen molar-refractivity contribution in [2.24, 2.45) is 4.99 Å². The molecule has 3 rings (SSSR count). The Morgan fingerprint density at radius 1 is 1.26 bits per heavy atom. The van der Waals surface area contributed by atoms with E-state index in [1.807, 2.05) is 13.0 Å². The number of rotatable bonds is 5. The van der Waals surface area contributed by atoms with Gasteiger partial charge >= 0.3 is 0 Å². The molecule has 0 aliphatic carbocycles. The maximum absolute atomic E-state index is 13.9. The third-order valence-electron chi connectivity index (χ3n) is 3.75. The fourth-order valence-corrected chi connectivity index (χ4v) is 3.50. The third-order valence-corrected chi connectivity index (χ3v) is 4.76. The fraction of sp³-hybridized carbons (Fsp3) is 0.150. The summed E-state index contributed by atoms with van der Waals surface area (Å²) in [6.45, 7) is 2.27. The first-order chi connectivity index (χ1) is 13.1. The second-order valence-electron chi connectivity index (χ2n) is 5.52. The Hall–Kier alpha value is -3.11. The largest absolute Gasteiger partial charge is 0.479 e. The van der Waals surface area contributed by atoms with Gasteiger partial charge in [0.25, 0.3) is 5.91 Å². The van der Waals surface area contributed by atoms with Gasteiger partial charge in [0.15, 0.2) is 11.8 Å². The van der Waals surface area contributed by atoms with Crippen LogP contribution in [0.5, 0.6) is 5.75 Å². The lowest BCUT2D eigenvalue weighted by Gasteiger charge is -2.12. The maximum Gasteiger partial charge on any atom is 0.266 e. The smallest absolute Gasteiger partial charge is 0.266 e. The van der Waals surface area contributed by atoms with Crippen molar-refractivity contribution in [3.05, 3.63) is 64.8 Å². The van der Waals surface area contributed by atoms with E-state index < -0.39 is 5.82 Å². The molecule has 7 heteroatoms. The number of aliphatic imine (C=N–C) groups is 1. The van der Waals surface area contributed by atoms with Crippen LogP contribution < -0.4 is 4.74 Å². The molecule has 0 saturated carbocycles. The molecule has 0 bridgehead atoms. The number of amidine groups is 1. The van der Waals surface area contributed by atoms with Crippen molar-refractivity contribution in [1.29, 1.82) is 5.26 Å². The van der Waals surface area contributed by atoms with Crippen LogP contribution in [0.1, 0.15) is 12.5 Å². The van der Waals surface area contributed by atoms with Gasteiger partial charge in [-0.2, -0.15) is 5.26 Å². The second-order valence-corrected chi connectivity index (χ2v) is 6.53. The molecular weight excluding hydrogens is 365 g/mol. The summed E-state index contributed by atoms with van der Waals surface area (Å²) >= 11 is 1.21. The lowest BCUT2D eigenvalue weighted by atomic mass is 10.2. The highest BCUT2D eigenvalue weighted by atomic mass is 32.2. The first-order valence-corrected chi connectivity index (χ1v) is 9.08. The Bertz CT molecular complexity index is 948. The van der Waals surface area contributed by atoms with E-state index in [4.69, 9.17) is 10.00 Å². The van der Waals surface area contributed by atoms with E-state index in [0.29, 0.717) is 22.4 Å². The SMILES string of the molecule is CCN1C(=O)/C(=C\c2ccc(OCC#N)cc2)SC1=Nc1ccccc1F. The van der Waals surface area contributed by atoms with E-state index in [-0.39, 0.29) is 18.2 Å². The molecule has 0 spiro atoms. The molecule has 5 nitrogen and oxygen atoms in total. The van der Waals surface area contributed by atoms with Crippen LogP contribution in [0, 0.1) is 17.1 Å². The fourth-order valence-electron chi connectivity index (χ4n) is 2.44. The quantitative estimate of drug-likeness (QED) is 0.722. The molecule has 0 unspecified atom stereocenters. The van der Waals surface area contributed by atoms with Crippen LogP contribution in [-0.4, -0.2) is 29.1 Å². The van der Waals surface area contributed by atoms with E-state index in [1.165, 1.54) is 22.7 Å². The number of ether oxygens (including phenoxy) is 1. The molecule has 0 radical (unpaired) electrons. The minimum Gasteiger partial charge on any atom is -0.479 e.